The fourth-order valence-corrected chi connectivity index (χ4v) is 4.10. The van der Waals surface area contributed by atoms with Crippen molar-refractivity contribution in [3.8, 4) is 0 Å². The lowest BCUT2D eigenvalue weighted by molar-refractivity contribution is -0.242. The van der Waals surface area contributed by atoms with Crippen molar-refractivity contribution in [2.45, 2.75) is 37.7 Å². The maximum Gasteiger partial charge on any atom is 0.351 e. The predicted molar refractivity (Wildman–Crippen MR) is 97.4 cm³/mol. The fourth-order valence-electron chi connectivity index (χ4n) is 2.58. The molecule has 0 radical (unpaired) electrons. The van der Waals surface area contributed by atoms with Gasteiger partial charge in [0.2, 0.25) is 5.91 Å². The van der Waals surface area contributed by atoms with Crippen molar-refractivity contribution in [1.29, 1.82) is 0 Å². The highest BCUT2D eigenvalue weighted by atomic mass is 31.3. The minimum absolute atomic E-state index is 0.102. The lowest BCUT2D eigenvalue weighted by Crippen LogP contribution is -2.29. The molecule has 16 nitrogen and oxygen atoms in total. The van der Waals surface area contributed by atoms with E-state index in [1.807, 2.05) is 0 Å². The van der Waals surface area contributed by atoms with Crippen LogP contribution in [-0.2, 0) is 37.0 Å². The molecule has 2 unspecified atom stereocenters. The number of nitrogens with one attached hydrogen (secondary N) is 1. The molecule has 0 bridgehead atoms. The molecule has 1 aliphatic rings. The van der Waals surface area contributed by atoms with Crippen LogP contribution in [0.1, 0.15) is 25.5 Å². The second kappa shape index (κ2) is 10.7. The molecular formula is C14H19N3O13P2-2. The Hall–Kier alpha value is -2.00. The molecule has 1 aromatic rings. The van der Waals surface area contributed by atoms with Gasteiger partial charge in [0.15, 0.2) is 0 Å². The first-order valence-electron chi connectivity index (χ1n) is 8.80. The molecule has 1 amide bonds. The van der Waals surface area contributed by atoms with Crippen LogP contribution in [0.15, 0.2) is 17.1 Å². The SMILES string of the molecule is COC(=O)CCC(=O)Nc1ccn([C@H]2C[C@@H](O)[C@@H](COP(=O)([O-])OP(=O)([O-])O)O2)c(=O)n1. The van der Waals surface area contributed by atoms with Crippen LogP contribution in [0.25, 0.3) is 0 Å². The number of esters is 1. The first kappa shape index (κ1) is 26.3. The summed E-state index contributed by atoms with van der Waals surface area (Å²) in [6.45, 7) is -0.866. The summed E-state index contributed by atoms with van der Waals surface area (Å²) in [4.78, 5) is 68.9. The Labute approximate surface area is 179 Å². The van der Waals surface area contributed by atoms with Gasteiger partial charge in [-0.1, -0.05) is 0 Å². The predicted octanol–water partition coefficient (Wildman–Crippen LogP) is -2.25. The van der Waals surface area contributed by atoms with Crippen LogP contribution < -0.4 is 20.8 Å². The molecule has 2 heterocycles. The zero-order chi connectivity index (χ0) is 24.1. The van der Waals surface area contributed by atoms with Crippen LogP contribution in [0.3, 0.4) is 0 Å². The van der Waals surface area contributed by atoms with Gasteiger partial charge in [0.25, 0.3) is 15.6 Å². The monoisotopic (exact) mass is 499 g/mol. The molecule has 0 saturated carbocycles. The number of hydrogen-bond acceptors (Lipinski definition) is 13. The van der Waals surface area contributed by atoms with E-state index in [4.69, 9.17) is 9.63 Å². The summed E-state index contributed by atoms with van der Waals surface area (Å²) >= 11 is 0. The number of nitrogens with zero attached hydrogens (tertiary/aromatic N) is 2. The third-order valence-corrected chi connectivity index (χ3v) is 6.09. The largest absolute Gasteiger partial charge is 0.756 e. The Balaban J connectivity index is 1.96. The van der Waals surface area contributed by atoms with Gasteiger partial charge < -0.3 is 39.1 Å². The Bertz CT molecular complexity index is 992. The smallest absolute Gasteiger partial charge is 0.351 e. The number of phosphoric acid groups is 2. The second-order valence-corrected chi connectivity index (χ2v) is 9.10. The van der Waals surface area contributed by atoms with E-state index in [9.17, 15) is 38.4 Å². The van der Waals surface area contributed by atoms with E-state index in [0.717, 1.165) is 4.57 Å². The number of aliphatic hydroxyl groups excluding tert-OH is 1. The van der Waals surface area contributed by atoms with Gasteiger partial charge in [-0.2, -0.15) is 4.98 Å². The highest BCUT2D eigenvalue weighted by Gasteiger charge is 2.36. The molecule has 180 valence electrons. The van der Waals surface area contributed by atoms with Gasteiger partial charge in [-0.05, 0) is 6.07 Å². The van der Waals surface area contributed by atoms with E-state index in [1.165, 1.54) is 19.4 Å². The molecule has 2 rings (SSSR count). The van der Waals surface area contributed by atoms with Crippen molar-refractivity contribution in [3.05, 3.63) is 22.7 Å². The molecule has 0 aliphatic carbocycles. The first-order chi connectivity index (χ1) is 14.8. The van der Waals surface area contributed by atoms with Gasteiger partial charge >= 0.3 is 11.7 Å². The van der Waals surface area contributed by atoms with Crippen LogP contribution in [0, 0.1) is 0 Å². The molecule has 5 atom stereocenters. The molecule has 1 aromatic heterocycles. The van der Waals surface area contributed by atoms with Crippen LogP contribution >= 0.6 is 15.6 Å². The Morgan fingerprint density at radius 1 is 1.38 bits per heavy atom. The number of ether oxygens (including phenoxy) is 2. The quantitative estimate of drug-likeness (QED) is 0.228. The van der Waals surface area contributed by atoms with E-state index < -0.39 is 58.3 Å². The van der Waals surface area contributed by atoms with Crippen LogP contribution in [-0.4, -0.2) is 57.4 Å². The number of carbonyl (C=O) groups excluding carboxylic acids is 2. The lowest BCUT2D eigenvalue weighted by Gasteiger charge is -2.28. The van der Waals surface area contributed by atoms with Crippen LogP contribution in [0.2, 0.25) is 0 Å². The standard InChI is InChI=1S/C14H21N3O13P2/c1-27-13(20)3-2-11(19)15-10-4-5-17(14(21)16-10)12-6-8(18)9(29-12)7-28-32(25,26)30-31(22,23)24/h4-5,8-9,12,18H,2-3,6-7H2,1H3,(H,25,26)(H2,22,23,24)(H,15,16,19,21)/p-2/t8-,9-,12-/m1/s1. The number of aromatic nitrogens is 2. The molecule has 0 spiro atoms. The Kier molecular flexibility index (Phi) is 8.82. The van der Waals surface area contributed by atoms with Gasteiger partial charge in [-0.15, -0.1) is 0 Å². The minimum atomic E-state index is -5.62. The summed E-state index contributed by atoms with van der Waals surface area (Å²) < 4.78 is 40.2. The summed E-state index contributed by atoms with van der Waals surface area (Å²) in [6.07, 6.45) is -3.02. The highest BCUT2D eigenvalue weighted by molar-refractivity contribution is 7.59. The Morgan fingerprint density at radius 3 is 2.66 bits per heavy atom. The molecule has 1 aliphatic heterocycles. The van der Waals surface area contributed by atoms with Gasteiger partial charge in [0.05, 0.1) is 26.2 Å². The average Bonchev–Trinajstić information content (AvgIpc) is 3.03. The maximum atomic E-state index is 12.2. The number of anilines is 1. The zero-order valence-electron chi connectivity index (χ0n) is 16.4. The van der Waals surface area contributed by atoms with Gasteiger partial charge in [-0.3, -0.25) is 23.3 Å². The number of phosphoric ester groups is 1. The minimum Gasteiger partial charge on any atom is -0.756 e. The topological polar surface area (TPSA) is 239 Å². The number of hydrogen-bond donors (Lipinski definition) is 3. The average molecular weight is 499 g/mol. The van der Waals surface area contributed by atoms with Gasteiger partial charge in [-0.25, -0.2) is 9.11 Å². The molecule has 32 heavy (non-hydrogen) atoms. The molecule has 1 saturated heterocycles. The molecule has 1 fully saturated rings. The second-order valence-electron chi connectivity index (χ2n) is 6.35. The van der Waals surface area contributed by atoms with Crippen LogP contribution in [0.5, 0.6) is 0 Å². The van der Waals surface area contributed by atoms with Crippen molar-refractivity contribution < 1.29 is 56.8 Å². The molecular weight excluding hydrogens is 480 g/mol. The lowest BCUT2D eigenvalue weighted by atomic mass is 10.2. The summed E-state index contributed by atoms with van der Waals surface area (Å²) in [6, 6.07) is 1.25. The van der Waals surface area contributed by atoms with E-state index in [1.54, 1.807) is 0 Å². The molecule has 0 aromatic carbocycles. The van der Waals surface area contributed by atoms with E-state index in [0.29, 0.717) is 0 Å². The van der Waals surface area contributed by atoms with E-state index in [2.05, 4.69) is 23.9 Å². The highest BCUT2D eigenvalue weighted by Crippen LogP contribution is 2.52. The first-order valence-corrected chi connectivity index (χ1v) is 11.8. The summed E-state index contributed by atoms with van der Waals surface area (Å²) in [5, 5.41) is 12.3. The van der Waals surface area contributed by atoms with Gasteiger partial charge in [0, 0.05) is 19.0 Å². The molecule has 3 N–H and O–H groups in total. The number of aliphatic hydroxyl groups is 1. The van der Waals surface area contributed by atoms with Crippen molar-refractivity contribution in [2.75, 3.05) is 19.0 Å². The van der Waals surface area contributed by atoms with E-state index >= 15 is 0 Å². The van der Waals surface area contributed by atoms with Crippen LogP contribution in [0.4, 0.5) is 5.82 Å². The third kappa shape index (κ3) is 8.16. The third-order valence-electron chi connectivity index (χ3n) is 4.00. The van der Waals surface area contributed by atoms with Crippen molar-refractivity contribution in [1.82, 2.24) is 9.55 Å². The van der Waals surface area contributed by atoms with Crippen molar-refractivity contribution >= 4 is 33.3 Å². The number of rotatable bonds is 10. The number of amides is 1. The summed E-state index contributed by atoms with van der Waals surface area (Å²) in [5.41, 5.74) is -0.875. The van der Waals surface area contributed by atoms with Crippen molar-refractivity contribution in [3.63, 3.8) is 0 Å². The number of methoxy groups -OCH3 is 1. The fraction of sp³-hybridized carbons (Fsp3) is 0.571. The normalized spacial score (nSPS) is 24.3. The van der Waals surface area contributed by atoms with Crippen molar-refractivity contribution in [2.24, 2.45) is 0 Å². The van der Waals surface area contributed by atoms with Gasteiger partial charge in [0.1, 0.15) is 18.1 Å². The number of carbonyl (C=O) groups is 2. The summed E-state index contributed by atoms with van der Waals surface area (Å²) in [7, 11) is -9.89. The maximum absolute atomic E-state index is 12.2. The zero-order valence-corrected chi connectivity index (χ0v) is 18.2. The molecule has 18 heteroatoms. The summed E-state index contributed by atoms with van der Waals surface area (Å²) in [5.74, 6) is -1.27. The van der Waals surface area contributed by atoms with E-state index in [-0.39, 0.29) is 25.1 Å². The Morgan fingerprint density at radius 2 is 2.06 bits per heavy atom.